The highest BCUT2D eigenvalue weighted by Crippen LogP contribution is 2.57. The highest BCUT2D eigenvalue weighted by atomic mass is 79.9. The summed E-state index contributed by atoms with van der Waals surface area (Å²) in [7, 11) is 0. The van der Waals surface area contributed by atoms with E-state index in [2.05, 4.69) is 15.9 Å². The van der Waals surface area contributed by atoms with Crippen molar-refractivity contribution in [2.45, 2.75) is 11.7 Å². The molecule has 3 atom stereocenters. The van der Waals surface area contributed by atoms with Gasteiger partial charge in [-0.15, -0.1) is 0 Å². The first kappa shape index (κ1) is 21.1. The summed E-state index contributed by atoms with van der Waals surface area (Å²) in [6.45, 7) is 0. The highest BCUT2D eigenvalue weighted by molar-refractivity contribution is 9.10. The van der Waals surface area contributed by atoms with Gasteiger partial charge in [-0.3, -0.25) is 19.2 Å². The summed E-state index contributed by atoms with van der Waals surface area (Å²) in [6.07, 6.45) is -0.998. The van der Waals surface area contributed by atoms with E-state index < -0.39 is 52.7 Å². The number of hydrogen-bond donors (Lipinski definition) is 0. The van der Waals surface area contributed by atoms with Gasteiger partial charge in [-0.2, -0.15) is 0 Å². The van der Waals surface area contributed by atoms with Crippen molar-refractivity contribution in [1.29, 1.82) is 0 Å². The van der Waals surface area contributed by atoms with Crippen LogP contribution in [-0.4, -0.2) is 29.0 Å². The number of rotatable bonds is 2. The molecule has 2 saturated heterocycles. The second-order valence-corrected chi connectivity index (χ2v) is 9.44. The maximum atomic E-state index is 13.7. The largest absolute Gasteiger partial charge is 0.349 e. The molecule has 3 aliphatic rings. The van der Waals surface area contributed by atoms with Gasteiger partial charge in [-0.05, 0) is 42.0 Å². The molecule has 8 heteroatoms. The first-order chi connectivity index (χ1) is 16.3. The second-order valence-electron chi connectivity index (χ2n) is 8.52. The first-order valence-electron chi connectivity index (χ1n) is 10.6. The summed E-state index contributed by atoms with van der Waals surface area (Å²) in [5.41, 5.74) is -1.06. The zero-order valence-electron chi connectivity index (χ0n) is 17.4. The maximum absolute atomic E-state index is 13.7. The molecule has 1 spiro atoms. The molecule has 2 amide bonds. The number of carbonyl (C=O) groups excluding carboxylic acids is 4. The molecular weight excluding hydrogens is 505 g/mol. The number of imide groups is 1. The van der Waals surface area contributed by atoms with Crippen LogP contribution in [0.5, 0.6) is 0 Å². The van der Waals surface area contributed by atoms with E-state index in [9.17, 15) is 23.6 Å². The molecule has 168 valence electrons. The Bertz CT molecular complexity index is 1370. The van der Waals surface area contributed by atoms with E-state index in [1.807, 2.05) is 0 Å². The minimum absolute atomic E-state index is 0.170. The van der Waals surface area contributed by atoms with Gasteiger partial charge in [0, 0.05) is 15.6 Å². The Hall–Kier alpha value is -3.49. The molecule has 3 aromatic carbocycles. The first-order valence-corrected chi connectivity index (χ1v) is 11.4. The Morgan fingerprint density at radius 2 is 1.38 bits per heavy atom. The zero-order valence-corrected chi connectivity index (χ0v) is 19.0. The van der Waals surface area contributed by atoms with Gasteiger partial charge in [0.25, 0.3) is 0 Å². The lowest BCUT2D eigenvalue weighted by molar-refractivity contribution is -0.127. The van der Waals surface area contributed by atoms with Crippen molar-refractivity contribution < 1.29 is 28.3 Å². The molecule has 2 heterocycles. The van der Waals surface area contributed by atoms with Gasteiger partial charge in [-0.1, -0.05) is 52.3 Å². The number of hydrogen-bond acceptors (Lipinski definition) is 5. The fraction of sp³-hybridized carbons (Fsp3) is 0.154. The number of amides is 2. The van der Waals surface area contributed by atoms with Crippen molar-refractivity contribution in [3.63, 3.8) is 0 Å². The van der Waals surface area contributed by atoms with Gasteiger partial charge < -0.3 is 4.74 Å². The van der Waals surface area contributed by atoms with E-state index in [1.165, 1.54) is 24.3 Å². The standard InChI is InChI=1S/C26H15BrFNO5/c27-14-7-5-13(6-8-14)21-19-20(25(33)29(24(19)32)16-11-9-15(28)10-12-16)26(34-21)22(30)17-3-1-2-4-18(17)23(26)31/h1-12,19-21H. The Morgan fingerprint density at radius 3 is 1.97 bits per heavy atom. The molecular formula is C26H15BrFNO5. The molecule has 3 unspecified atom stereocenters. The number of nitrogens with zero attached hydrogens (tertiary/aromatic N) is 1. The second kappa shape index (κ2) is 7.25. The fourth-order valence-corrected chi connectivity index (χ4v) is 5.58. The molecule has 34 heavy (non-hydrogen) atoms. The molecule has 2 aliphatic heterocycles. The fourth-order valence-electron chi connectivity index (χ4n) is 5.32. The third-order valence-corrected chi connectivity index (χ3v) is 7.33. The van der Waals surface area contributed by atoms with Crippen molar-refractivity contribution in [3.05, 3.63) is 99.8 Å². The minimum atomic E-state index is -2.13. The van der Waals surface area contributed by atoms with Crippen LogP contribution >= 0.6 is 15.9 Å². The maximum Gasteiger partial charge on any atom is 0.241 e. The third-order valence-electron chi connectivity index (χ3n) is 6.80. The van der Waals surface area contributed by atoms with Crippen molar-refractivity contribution in [3.8, 4) is 0 Å². The molecule has 0 radical (unpaired) electrons. The molecule has 0 aromatic heterocycles. The number of ketones is 2. The Labute approximate surface area is 201 Å². The average Bonchev–Trinajstić information content (AvgIpc) is 3.40. The predicted octanol–water partition coefficient (Wildman–Crippen LogP) is 4.28. The van der Waals surface area contributed by atoms with Gasteiger partial charge in [0.05, 0.1) is 23.6 Å². The highest BCUT2D eigenvalue weighted by Gasteiger charge is 2.74. The molecule has 0 saturated carbocycles. The summed E-state index contributed by atoms with van der Waals surface area (Å²) in [5.74, 6) is -5.51. The molecule has 6 nitrogen and oxygen atoms in total. The lowest BCUT2D eigenvalue weighted by atomic mass is 9.77. The quantitative estimate of drug-likeness (QED) is 0.372. The lowest BCUT2D eigenvalue weighted by Gasteiger charge is -2.27. The third kappa shape index (κ3) is 2.63. The average molecular weight is 520 g/mol. The molecule has 0 N–H and O–H groups in total. The van der Waals surface area contributed by atoms with Crippen LogP contribution in [0.4, 0.5) is 10.1 Å². The topological polar surface area (TPSA) is 80.8 Å². The van der Waals surface area contributed by atoms with Crippen LogP contribution in [-0.2, 0) is 14.3 Å². The van der Waals surface area contributed by atoms with E-state index in [0.29, 0.717) is 5.56 Å². The van der Waals surface area contributed by atoms with E-state index in [1.54, 1.807) is 36.4 Å². The molecule has 0 bridgehead atoms. The van der Waals surface area contributed by atoms with Crippen LogP contribution in [0.1, 0.15) is 32.4 Å². The van der Waals surface area contributed by atoms with Crippen molar-refractivity contribution in [2.75, 3.05) is 4.90 Å². The Morgan fingerprint density at radius 1 is 0.794 bits per heavy atom. The summed E-state index contributed by atoms with van der Waals surface area (Å²) in [4.78, 5) is 55.7. The number of Topliss-reactive ketones (excluding diaryl/α,β-unsaturated/α-hetero) is 2. The zero-order chi connectivity index (χ0) is 23.8. The van der Waals surface area contributed by atoms with E-state index in [-0.39, 0.29) is 16.8 Å². The van der Waals surface area contributed by atoms with Crippen LogP contribution in [0.15, 0.2) is 77.3 Å². The van der Waals surface area contributed by atoms with Crippen LogP contribution in [0.3, 0.4) is 0 Å². The van der Waals surface area contributed by atoms with Gasteiger partial charge in [-0.25, -0.2) is 9.29 Å². The number of anilines is 1. The Kier molecular flexibility index (Phi) is 4.49. The van der Waals surface area contributed by atoms with Crippen molar-refractivity contribution in [2.24, 2.45) is 11.8 Å². The Balaban J connectivity index is 1.54. The van der Waals surface area contributed by atoms with Gasteiger partial charge in [0.2, 0.25) is 29.0 Å². The van der Waals surface area contributed by atoms with Crippen molar-refractivity contribution >= 4 is 45.0 Å². The number of carbonyl (C=O) groups is 4. The smallest absolute Gasteiger partial charge is 0.241 e. The van der Waals surface area contributed by atoms with Crippen LogP contribution < -0.4 is 4.90 Å². The molecule has 2 fully saturated rings. The van der Waals surface area contributed by atoms with Gasteiger partial charge >= 0.3 is 0 Å². The molecule has 3 aromatic rings. The van der Waals surface area contributed by atoms with Crippen molar-refractivity contribution in [1.82, 2.24) is 0 Å². The number of ether oxygens (including phenoxy) is 1. The van der Waals surface area contributed by atoms with E-state index in [0.717, 1.165) is 21.5 Å². The van der Waals surface area contributed by atoms with E-state index in [4.69, 9.17) is 4.74 Å². The SMILES string of the molecule is O=C1C2C(c3ccc(Br)cc3)OC3(C(=O)c4ccccc4C3=O)C2C(=O)N1c1ccc(F)cc1. The monoisotopic (exact) mass is 519 g/mol. The minimum Gasteiger partial charge on any atom is -0.349 e. The van der Waals surface area contributed by atoms with Crippen LogP contribution in [0.2, 0.25) is 0 Å². The van der Waals surface area contributed by atoms with Crippen LogP contribution in [0, 0.1) is 17.7 Å². The van der Waals surface area contributed by atoms with E-state index >= 15 is 0 Å². The number of fused-ring (bicyclic) bond motifs is 3. The van der Waals surface area contributed by atoms with Gasteiger partial charge in [0.15, 0.2) is 0 Å². The summed E-state index contributed by atoms with van der Waals surface area (Å²) < 4.78 is 20.5. The normalized spacial score (nSPS) is 24.8. The lowest BCUT2D eigenvalue weighted by Crippen LogP contribution is -2.51. The summed E-state index contributed by atoms with van der Waals surface area (Å²) in [6, 6.07) is 18.2. The van der Waals surface area contributed by atoms with Gasteiger partial charge in [0.1, 0.15) is 5.82 Å². The van der Waals surface area contributed by atoms with Crippen LogP contribution in [0.25, 0.3) is 0 Å². The number of halogens is 2. The predicted molar refractivity (Wildman–Crippen MR) is 122 cm³/mol. The summed E-state index contributed by atoms with van der Waals surface area (Å²) in [5, 5.41) is 0. The molecule has 6 rings (SSSR count). The number of benzene rings is 3. The molecule has 1 aliphatic carbocycles. The summed E-state index contributed by atoms with van der Waals surface area (Å²) >= 11 is 3.37.